The standard InChI is InChI=1S/C17H27NO2/c1-2-3-13-20-17-9-7-16(8-10-17)14-19-15-18-11-5-4-6-12-18/h7-10H,2-6,11-15H2,1H3. The lowest BCUT2D eigenvalue weighted by Gasteiger charge is -2.25. The van der Waals surface area contributed by atoms with E-state index in [1.165, 1.54) is 44.3 Å². The lowest BCUT2D eigenvalue weighted by molar-refractivity contribution is 0.00974. The lowest BCUT2D eigenvalue weighted by Crippen LogP contribution is -2.31. The van der Waals surface area contributed by atoms with Gasteiger partial charge in [-0.1, -0.05) is 31.9 Å². The van der Waals surface area contributed by atoms with Gasteiger partial charge in [-0.3, -0.25) is 4.90 Å². The summed E-state index contributed by atoms with van der Waals surface area (Å²) in [6.07, 6.45) is 6.28. The number of nitrogens with zero attached hydrogens (tertiary/aromatic N) is 1. The summed E-state index contributed by atoms with van der Waals surface area (Å²) in [4.78, 5) is 2.39. The normalized spacial score (nSPS) is 16.2. The molecule has 0 saturated carbocycles. The molecule has 0 radical (unpaired) electrons. The van der Waals surface area contributed by atoms with E-state index in [1.54, 1.807) is 0 Å². The smallest absolute Gasteiger partial charge is 0.119 e. The van der Waals surface area contributed by atoms with Crippen LogP contribution in [-0.2, 0) is 11.3 Å². The number of rotatable bonds is 8. The fourth-order valence-corrected chi connectivity index (χ4v) is 2.40. The Morgan fingerprint density at radius 1 is 1.05 bits per heavy atom. The second-order valence-corrected chi connectivity index (χ2v) is 5.50. The van der Waals surface area contributed by atoms with Crippen molar-refractivity contribution in [2.24, 2.45) is 0 Å². The number of benzene rings is 1. The number of likely N-dealkylation sites (tertiary alicyclic amines) is 1. The molecule has 0 unspecified atom stereocenters. The van der Waals surface area contributed by atoms with Crippen molar-refractivity contribution < 1.29 is 9.47 Å². The van der Waals surface area contributed by atoms with Gasteiger partial charge in [-0.2, -0.15) is 0 Å². The molecule has 3 nitrogen and oxygen atoms in total. The van der Waals surface area contributed by atoms with Gasteiger partial charge in [0.1, 0.15) is 5.75 Å². The Morgan fingerprint density at radius 3 is 2.50 bits per heavy atom. The first kappa shape index (κ1) is 15.3. The average Bonchev–Trinajstić information content (AvgIpc) is 2.50. The van der Waals surface area contributed by atoms with Gasteiger partial charge >= 0.3 is 0 Å². The Kier molecular flexibility index (Phi) is 6.89. The van der Waals surface area contributed by atoms with E-state index in [4.69, 9.17) is 9.47 Å². The van der Waals surface area contributed by atoms with Gasteiger partial charge < -0.3 is 9.47 Å². The van der Waals surface area contributed by atoms with Crippen LogP contribution in [-0.4, -0.2) is 31.3 Å². The lowest BCUT2D eigenvalue weighted by atomic mass is 10.1. The van der Waals surface area contributed by atoms with E-state index < -0.39 is 0 Å². The van der Waals surface area contributed by atoms with Crippen LogP contribution in [0.2, 0.25) is 0 Å². The minimum Gasteiger partial charge on any atom is -0.494 e. The van der Waals surface area contributed by atoms with Crippen LogP contribution in [0.25, 0.3) is 0 Å². The highest BCUT2D eigenvalue weighted by Crippen LogP contribution is 2.14. The molecule has 1 aliphatic heterocycles. The molecule has 112 valence electrons. The Bertz CT molecular complexity index is 358. The molecule has 1 saturated heterocycles. The largest absolute Gasteiger partial charge is 0.494 e. The Balaban J connectivity index is 1.65. The van der Waals surface area contributed by atoms with E-state index in [-0.39, 0.29) is 0 Å². The molecule has 0 amide bonds. The molecule has 20 heavy (non-hydrogen) atoms. The van der Waals surface area contributed by atoms with Crippen molar-refractivity contribution in [2.45, 2.75) is 45.6 Å². The molecule has 0 N–H and O–H groups in total. The molecule has 1 fully saturated rings. The highest BCUT2D eigenvalue weighted by atomic mass is 16.5. The van der Waals surface area contributed by atoms with Crippen molar-refractivity contribution in [3.63, 3.8) is 0 Å². The summed E-state index contributed by atoms with van der Waals surface area (Å²) >= 11 is 0. The quantitative estimate of drug-likeness (QED) is 0.674. The zero-order chi connectivity index (χ0) is 14.0. The van der Waals surface area contributed by atoms with Gasteiger partial charge in [-0.05, 0) is 37.0 Å². The van der Waals surface area contributed by atoms with Crippen LogP contribution < -0.4 is 4.74 Å². The Labute approximate surface area is 122 Å². The fourth-order valence-electron chi connectivity index (χ4n) is 2.40. The van der Waals surface area contributed by atoms with Gasteiger partial charge in [-0.25, -0.2) is 0 Å². The van der Waals surface area contributed by atoms with E-state index in [9.17, 15) is 0 Å². The first-order chi connectivity index (χ1) is 9.88. The van der Waals surface area contributed by atoms with Gasteiger partial charge in [0.15, 0.2) is 0 Å². The number of piperidine rings is 1. The minimum atomic E-state index is 0.686. The van der Waals surface area contributed by atoms with Crippen LogP contribution in [0.3, 0.4) is 0 Å². The molecule has 1 aromatic carbocycles. The maximum absolute atomic E-state index is 5.78. The number of ether oxygens (including phenoxy) is 2. The number of unbranched alkanes of at least 4 members (excludes halogenated alkanes) is 1. The van der Waals surface area contributed by atoms with Crippen molar-refractivity contribution in [1.29, 1.82) is 0 Å². The van der Waals surface area contributed by atoms with Crippen LogP contribution in [0.5, 0.6) is 5.75 Å². The van der Waals surface area contributed by atoms with E-state index in [0.717, 1.165) is 25.5 Å². The number of hydrogen-bond acceptors (Lipinski definition) is 3. The molecule has 0 bridgehead atoms. The van der Waals surface area contributed by atoms with Crippen molar-refractivity contribution >= 4 is 0 Å². The molecular formula is C17H27NO2. The average molecular weight is 277 g/mol. The predicted octanol–water partition coefficient (Wildman–Crippen LogP) is 3.83. The molecule has 1 heterocycles. The molecule has 1 aromatic rings. The highest BCUT2D eigenvalue weighted by molar-refractivity contribution is 5.26. The van der Waals surface area contributed by atoms with E-state index in [2.05, 4.69) is 24.0 Å². The monoisotopic (exact) mass is 277 g/mol. The van der Waals surface area contributed by atoms with Gasteiger partial charge in [-0.15, -0.1) is 0 Å². The Hall–Kier alpha value is -1.06. The molecule has 0 aromatic heterocycles. The van der Waals surface area contributed by atoms with Gasteiger partial charge in [0.2, 0.25) is 0 Å². The molecule has 0 spiro atoms. The summed E-state index contributed by atoms with van der Waals surface area (Å²) in [6, 6.07) is 8.26. The molecule has 0 atom stereocenters. The Morgan fingerprint density at radius 2 is 1.80 bits per heavy atom. The summed E-state index contributed by atoms with van der Waals surface area (Å²) in [5.41, 5.74) is 1.21. The topological polar surface area (TPSA) is 21.7 Å². The predicted molar refractivity (Wildman–Crippen MR) is 81.9 cm³/mol. The zero-order valence-electron chi connectivity index (χ0n) is 12.6. The highest BCUT2D eigenvalue weighted by Gasteiger charge is 2.09. The fraction of sp³-hybridized carbons (Fsp3) is 0.647. The summed E-state index contributed by atoms with van der Waals surface area (Å²) in [7, 11) is 0. The molecule has 0 aliphatic carbocycles. The summed E-state index contributed by atoms with van der Waals surface area (Å²) in [5.74, 6) is 0.957. The second-order valence-electron chi connectivity index (χ2n) is 5.50. The third-order valence-corrected chi connectivity index (χ3v) is 3.68. The third kappa shape index (κ3) is 5.51. The summed E-state index contributed by atoms with van der Waals surface area (Å²) in [5, 5.41) is 0. The van der Waals surface area contributed by atoms with Crippen LogP contribution in [0.4, 0.5) is 0 Å². The summed E-state index contributed by atoms with van der Waals surface area (Å²) < 4.78 is 11.4. The second kappa shape index (κ2) is 8.98. The minimum absolute atomic E-state index is 0.686. The first-order valence-corrected chi connectivity index (χ1v) is 7.90. The van der Waals surface area contributed by atoms with Crippen molar-refractivity contribution in [3.05, 3.63) is 29.8 Å². The maximum Gasteiger partial charge on any atom is 0.119 e. The SMILES string of the molecule is CCCCOc1ccc(COCN2CCCCC2)cc1. The molecule has 2 rings (SSSR count). The van der Waals surface area contributed by atoms with Crippen molar-refractivity contribution in [2.75, 3.05) is 26.4 Å². The summed E-state index contributed by atoms with van der Waals surface area (Å²) in [6.45, 7) is 6.79. The van der Waals surface area contributed by atoms with E-state index in [1.807, 2.05) is 12.1 Å². The van der Waals surface area contributed by atoms with E-state index >= 15 is 0 Å². The molecule has 1 aliphatic rings. The molecular weight excluding hydrogens is 250 g/mol. The first-order valence-electron chi connectivity index (χ1n) is 7.90. The van der Waals surface area contributed by atoms with Gasteiger partial charge in [0.25, 0.3) is 0 Å². The van der Waals surface area contributed by atoms with Crippen LogP contribution >= 0.6 is 0 Å². The van der Waals surface area contributed by atoms with Crippen molar-refractivity contribution in [3.8, 4) is 5.75 Å². The van der Waals surface area contributed by atoms with E-state index in [0.29, 0.717) is 6.61 Å². The zero-order valence-corrected chi connectivity index (χ0v) is 12.6. The number of hydrogen-bond donors (Lipinski definition) is 0. The van der Waals surface area contributed by atoms with Crippen LogP contribution in [0.1, 0.15) is 44.6 Å². The third-order valence-electron chi connectivity index (χ3n) is 3.68. The van der Waals surface area contributed by atoms with Crippen LogP contribution in [0.15, 0.2) is 24.3 Å². The van der Waals surface area contributed by atoms with Crippen LogP contribution in [0, 0.1) is 0 Å². The molecule has 3 heteroatoms. The van der Waals surface area contributed by atoms with Gasteiger partial charge in [0, 0.05) is 13.1 Å². The van der Waals surface area contributed by atoms with Crippen molar-refractivity contribution in [1.82, 2.24) is 4.90 Å². The maximum atomic E-state index is 5.78. The van der Waals surface area contributed by atoms with Gasteiger partial charge in [0.05, 0.1) is 19.9 Å².